The van der Waals surface area contributed by atoms with E-state index in [0.717, 1.165) is 0 Å². The van der Waals surface area contributed by atoms with Crippen molar-refractivity contribution in [2.75, 3.05) is 37.8 Å². The molecule has 3 fully saturated rings. The van der Waals surface area contributed by atoms with Crippen molar-refractivity contribution in [2.45, 2.75) is 42.8 Å². The van der Waals surface area contributed by atoms with Crippen LogP contribution in [0.3, 0.4) is 0 Å². The predicted molar refractivity (Wildman–Crippen MR) is 112 cm³/mol. The molecule has 1 aromatic rings. The van der Waals surface area contributed by atoms with Gasteiger partial charge in [-0.1, -0.05) is 13.0 Å². The van der Waals surface area contributed by atoms with E-state index in [1.165, 1.54) is 21.9 Å². The summed E-state index contributed by atoms with van der Waals surface area (Å²) in [4.78, 5) is 40.2. The van der Waals surface area contributed by atoms with E-state index in [4.69, 9.17) is 15.2 Å². The number of likely N-dealkylation sites (tertiary alicyclic amines) is 1. The molecule has 3 saturated heterocycles. The third-order valence-corrected chi connectivity index (χ3v) is 7.52. The van der Waals surface area contributed by atoms with E-state index in [0.29, 0.717) is 50.4 Å². The Kier molecular flexibility index (Phi) is 6.21. The Morgan fingerprint density at radius 1 is 1.34 bits per heavy atom. The lowest BCUT2D eigenvalue weighted by molar-refractivity contribution is -0.141. The maximum Gasteiger partial charge on any atom is 0.253 e. The largest absolute Gasteiger partial charge is 0.374 e. The smallest absolute Gasteiger partial charge is 0.253 e. The van der Waals surface area contributed by atoms with Gasteiger partial charge < -0.3 is 25.0 Å². The van der Waals surface area contributed by atoms with Crippen molar-refractivity contribution in [1.82, 2.24) is 9.62 Å². The van der Waals surface area contributed by atoms with Crippen LogP contribution in [0.4, 0.5) is 5.69 Å². The number of nitrogens with two attached hydrogens (primary N) is 1. The average molecular weight is 467 g/mol. The molecule has 1 aromatic carbocycles. The van der Waals surface area contributed by atoms with Crippen molar-refractivity contribution in [3.63, 3.8) is 0 Å². The summed E-state index contributed by atoms with van der Waals surface area (Å²) >= 11 is 0. The zero-order chi connectivity index (χ0) is 23.0. The SMILES string of the molecule is CCc1c(N2CCOCC2=O)cccc1S(=O)(=O)NC(C(N)=O)C(=O)N1C[C@@H]2C[C@H]1CO2. The first kappa shape index (κ1) is 22.6. The molecule has 3 atom stereocenters. The molecule has 3 amide bonds. The Balaban J connectivity index is 1.63. The summed E-state index contributed by atoms with van der Waals surface area (Å²) in [5.41, 5.74) is 6.27. The minimum atomic E-state index is -4.31. The highest BCUT2D eigenvalue weighted by atomic mass is 32.2. The van der Waals surface area contributed by atoms with Crippen molar-refractivity contribution < 1.29 is 32.3 Å². The molecule has 3 N–H and O–H groups in total. The van der Waals surface area contributed by atoms with E-state index in [-0.39, 0.29) is 29.6 Å². The first-order valence-electron chi connectivity index (χ1n) is 10.5. The second-order valence-corrected chi connectivity index (χ2v) is 9.68. The fraction of sp³-hybridized carbons (Fsp3) is 0.550. The summed E-state index contributed by atoms with van der Waals surface area (Å²) in [6.45, 7) is 2.96. The van der Waals surface area contributed by atoms with Crippen LogP contribution in [0.1, 0.15) is 18.9 Å². The van der Waals surface area contributed by atoms with Gasteiger partial charge in [-0.3, -0.25) is 14.4 Å². The van der Waals surface area contributed by atoms with Gasteiger partial charge in [0.2, 0.25) is 15.9 Å². The Labute approximate surface area is 185 Å². The minimum absolute atomic E-state index is 0.0850. The number of fused-ring (bicyclic) bond motifs is 2. The maximum absolute atomic E-state index is 13.3. The zero-order valence-electron chi connectivity index (χ0n) is 17.7. The molecule has 32 heavy (non-hydrogen) atoms. The van der Waals surface area contributed by atoms with Crippen molar-refractivity contribution >= 4 is 33.4 Å². The molecule has 4 rings (SSSR count). The van der Waals surface area contributed by atoms with Crippen LogP contribution in [0.25, 0.3) is 0 Å². The van der Waals surface area contributed by atoms with E-state index < -0.39 is 27.9 Å². The molecule has 11 nitrogen and oxygen atoms in total. The number of hydrogen-bond donors (Lipinski definition) is 2. The summed E-state index contributed by atoms with van der Waals surface area (Å²) in [6, 6.07) is 2.63. The van der Waals surface area contributed by atoms with E-state index in [1.807, 2.05) is 0 Å². The molecule has 3 heterocycles. The van der Waals surface area contributed by atoms with Gasteiger partial charge in [-0.15, -0.1) is 0 Å². The van der Waals surface area contributed by atoms with E-state index in [1.54, 1.807) is 13.0 Å². The van der Waals surface area contributed by atoms with Gasteiger partial charge in [-0.25, -0.2) is 8.42 Å². The van der Waals surface area contributed by atoms with Gasteiger partial charge in [0.25, 0.3) is 11.8 Å². The average Bonchev–Trinajstić information content (AvgIpc) is 3.40. The molecule has 12 heteroatoms. The topological polar surface area (TPSA) is 148 Å². The van der Waals surface area contributed by atoms with Gasteiger partial charge in [0.05, 0.1) is 30.3 Å². The van der Waals surface area contributed by atoms with Crippen LogP contribution >= 0.6 is 0 Å². The highest BCUT2D eigenvalue weighted by Crippen LogP contribution is 2.30. The molecular formula is C20H26N4O7S. The number of primary amides is 1. The summed E-state index contributed by atoms with van der Waals surface area (Å²) in [5.74, 6) is -2.04. The fourth-order valence-electron chi connectivity index (χ4n) is 4.47. The third-order valence-electron chi connectivity index (χ3n) is 6.02. The Morgan fingerprint density at radius 3 is 2.72 bits per heavy atom. The van der Waals surface area contributed by atoms with Crippen molar-refractivity contribution in [3.8, 4) is 0 Å². The highest BCUT2D eigenvalue weighted by Gasteiger charge is 2.45. The van der Waals surface area contributed by atoms with Crippen LogP contribution in [-0.4, -0.2) is 82.1 Å². The molecule has 0 saturated carbocycles. The van der Waals surface area contributed by atoms with E-state index >= 15 is 0 Å². The molecule has 0 radical (unpaired) electrons. The Morgan fingerprint density at radius 2 is 2.12 bits per heavy atom. The standard InChI is InChI=1S/C20H26N4O7S/c1-2-14-15(23-6-7-30-11-17(23)25)4-3-5-16(14)32(28,29)22-18(19(21)26)20(27)24-9-13-8-12(24)10-31-13/h3-5,12-13,18,22H,2,6-11H2,1H3,(H2,21,26)/t12-,13-,18?/m0/s1. The minimum Gasteiger partial charge on any atom is -0.374 e. The number of morpholine rings is 2. The number of nitrogens with zero attached hydrogens (tertiary/aromatic N) is 2. The number of anilines is 1. The van der Waals surface area contributed by atoms with E-state index in [9.17, 15) is 22.8 Å². The monoisotopic (exact) mass is 466 g/mol. The highest BCUT2D eigenvalue weighted by molar-refractivity contribution is 7.89. The summed E-state index contributed by atoms with van der Waals surface area (Å²) in [5, 5.41) is 0. The van der Waals surface area contributed by atoms with Crippen molar-refractivity contribution in [1.29, 1.82) is 0 Å². The quantitative estimate of drug-likeness (QED) is 0.477. The second-order valence-electron chi connectivity index (χ2n) is 8.00. The number of hydrogen-bond acceptors (Lipinski definition) is 7. The first-order chi connectivity index (χ1) is 15.2. The molecule has 0 spiro atoms. The van der Waals surface area contributed by atoms with Gasteiger partial charge in [0.15, 0.2) is 6.04 Å². The first-order valence-corrected chi connectivity index (χ1v) is 11.9. The number of nitrogens with one attached hydrogen (secondary N) is 1. The molecule has 3 aliphatic rings. The normalized spacial score (nSPS) is 24.1. The van der Waals surface area contributed by atoms with Crippen molar-refractivity contribution in [2.24, 2.45) is 5.73 Å². The van der Waals surface area contributed by atoms with Crippen LogP contribution in [0.2, 0.25) is 0 Å². The predicted octanol–water partition coefficient (Wildman–Crippen LogP) is -1.26. The van der Waals surface area contributed by atoms with Crippen LogP contribution in [0.15, 0.2) is 23.1 Å². The van der Waals surface area contributed by atoms with Crippen LogP contribution < -0.4 is 15.4 Å². The number of carbonyl (C=O) groups is 3. The second kappa shape index (κ2) is 8.77. The molecule has 1 unspecified atom stereocenters. The number of sulfonamides is 1. The molecule has 0 aliphatic carbocycles. The summed E-state index contributed by atoms with van der Waals surface area (Å²) in [7, 11) is -4.31. The van der Waals surface area contributed by atoms with Crippen LogP contribution in [-0.2, 0) is 40.3 Å². The lowest BCUT2D eigenvalue weighted by atomic mass is 10.1. The Bertz CT molecular complexity index is 1040. The molecule has 0 aromatic heterocycles. The lowest BCUT2D eigenvalue weighted by Gasteiger charge is -2.30. The number of amides is 3. The summed E-state index contributed by atoms with van der Waals surface area (Å²) in [6.07, 6.45) is 0.850. The molecular weight excluding hydrogens is 440 g/mol. The van der Waals surface area contributed by atoms with Crippen LogP contribution in [0.5, 0.6) is 0 Å². The zero-order valence-corrected chi connectivity index (χ0v) is 18.5. The molecule has 174 valence electrons. The number of rotatable bonds is 7. The van der Waals surface area contributed by atoms with Gasteiger partial charge in [-0.05, 0) is 30.5 Å². The third kappa shape index (κ3) is 4.10. The molecule has 2 bridgehead atoms. The lowest BCUT2D eigenvalue weighted by Crippen LogP contribution is -2.57. The Hall–Kier alpha value is -2.54. The fourth-order valence-corrected chi connectivity index (χ4v) is 5.96. The number of benzene rings is 1. The van der Waals surface area contributed by atoms with Crippen molar-refractivity contribution in [3.05, 3.63) is 23.8 Å². The molecule has 3 aliphatic heterocycles. The van der Waals surface area contributed by atoms with E-state index in [2.05, 4.69) is 4.72 Å². The number of ether oxygens (including phenoxy) is 2. The van der Waals surface area contributed by atoms with Crippen LogP contribution in [0, 0.1) is 0 Å². The van der Waals surface area contributed by atoms with Gasteiger partial charge in [0, 0.05) is 18.8 Å². The summed E-state index contributed by atoms with van der Waals surface area (Å²) < 4.78 is 39.4. The number of carbonyl (C=O) groups excluding carboxylic acids is 3. The van der Waals surface area contributed by atoms with Gasteiger partial charge in [-0.2, -0.15) is 4.72 Å². The maximum atomic E-state index is 13.3. The van der Waals surface area contributed by atoms with Gasteiger partial charge in [0.1, 0.15) is 6.61 Å². The van der Waals surface area contributed by atoms with Gasteiger partial charge >= 0.3 is 0 Å².